The van der Waals surface area contributed by atoms with Crippen LogP contribution in [0.3, 0.4) is 0 Å². The number of carboxylic acids is 1. The zero-order valence-corrected chi connectivity index (χ0v) is 23.6. The molecule has 3 aromatic carbocycles. The Labute approximate surface area is 246 Å². The smallest absolute Gasteiger partial charge is 0.408 e. The Hall–Kier alpha value is -4.17. The molecule has 0 aromatic heterocycles. The number of hydrogen-bond acceptors (Lipinski definition) is 5. The number of fused-ring (bicyclic) bond motifs is 3. The van der Waals surface area contributed by atoms with Crippen molar-refractivity contribution in [3.05, 3.63) is 95.6 Å². The molecule has 8 nitrogen and oxygen atoms in total. The van der Waals surface area contributed by atoms with Gasteiger partial charge in [0.15, 0.2) is 0 Å². The van der Waals surface area contributed by atoms with Gasteiger partial charge in [0, 0.05) is 31.6 Å². The van der Waals surface area contributed by atoms with Crippen molar-refractivity contribution >= 4 is 18.0 Å². The minimum Gasteiger partial charge on any atom is -0.481 e. The van der Waals surface area contributed by atoms with Crippen LogP contribution in [0, 0.1) is 5.92 Å². The van der Waals surface area contributed by atoms with Crippen molar-refractivity contribution in [3.8, 4) is 11.1 Å². The highest BCUT2D eigenvalue weighted by Crippen LogP contribution is 2.44. The van der Waals surface area contributed by atoms with Crippen LogP contribution in [0.4, 0.5) is 4.79 Å². The Morgan fingerprint density at radius 1 is 0.905 bits per heavy atom. The first-order valence-electron chi connectivity index (χ1n) is 14.8. The number of nitrogens with one attached hydrogen (secondary N) is 2. The fraction of sp³-hybridized carbons (Fsp3) is 0.382. The molecule has 6 rings (SSSR count). The van der Waals surface area contributed by atoms with Crippen LogP contribution in [0.25, 0.3) is 11.1 Å². The van der Waals surface area contributed by atoms with Gasteiger partial charge in [-0.25, -0.2) is 4.79 Å². The number of likely N-dealkylation sites (tertiary alicyclic amines) is 1. The number of amides is 2. The molecule has 3 aliphatic rings. The largest absolute Gasteiger partial charge is 0.481 e. The number of rotatable bonds is 8. The fourth-order valence-electron chi connectivity index (χ4n) is 6.91. The Kier molecular flexibility index (Phi) is 7.98. The maximum atomic E-state index is 13.9. The molecule has 3 aromatic rings. The molecule has 3 atom stereocenters. The molecule has 3 N–H and O–H groups in total. The van der Waals surface area contributed by atoms with E-state index in [-0.39, 0.29) is 24.5 Å². The van der Waals surface area contributed by atoms with E-state index in [2.05, 4.69) is 39.8 Å². The number of benzene rings is 3. The van der Waals surface area contributed by atoms with Crippen molar-refractivity contribution in [2.45, 2.75) is 56.1 Å². The van der Waals surface area contributed by atoms with Crippen molar-refractivity contribution in [3.63, 3.8) is 0 Å². The molecule has 218 valence electrons. The first-order valence-corrected chi connectivity index (χ1v) is 14.8. The van der Waals surface area contributed by atoms with Gasteiger partial charge in [-0.1, -0.05) is 85.3 Å². The van der Waals surface area contributed by atoms with Gasteiger partial charge in [0.25, 0.3) is 0 Å². The maximum Gasteiger partial charge on any atom is 0.408 e. The molecule has 42 heavy (non-hydrogen) atoms. The van der Waals surface area contributed by atoms with Crippen LogP contribution in [-0.4, -0.2) is 59.3 Å². The van der Waals surface area contributed by atoms with Gasteiger partial charge in [-0.05, 0) is 53.5 Å². The summed E-state index contributed by atoms with van der Waals surface area (Å²) in [6.07, 6.45) is 2.30. The molecule has 1 unspecified atom stereocenters. The van der Waals surface area contributed by atoms with E-state index in [1.54, 1.807) is 0 Å². The van der Waals surface area contributed by atoms with Crippen molar-refractivity contribution < 1.29 is 24.2 Å². The molecule has 1 saturated heterocycles. The Balaban J connectivity index is 1.16. The summed E-state index contributed by atoms with van der Waals surface area (Å²) in [5.74, 6) is -1.65. The third-order valence-electron chi connectivity index (χ3n) is 9.08. The molecule has 1 aliphatic heterocycles. The van der Waals surface area contributed by atoms with Crippen LogP contribution in [-0.2, 0) is 20.9 Å². The molecule has 1 heterocycles. The summed E-state index contributed by atoms with van der Waals surface area (Å²) in [4.78, 5) is 41.0. The first-order chi connectivity index (χ1) is 20.4. The molecule has 2 aliphatic carbocycles. The number of ether oxygens (including phenoxy) is 1. The number of carbonyl (C=O) groups is 3. The summed E-state index contributed by atoms with van der Waals surface area (Å²) in [6, 6.07) is 26.2. The van der Waals surface area contributed by atoms with E-state index >= 15 is 0 Å². The Morgan fingerprint density at radius 3 is 2.26 bits per heavy atom. The van der Waals surface area contributed by atoms with E-state index in [0.717, 1.165) is 40.7 Å². The number of carboxylic acid groups (broad SMARTS) is 1. The van der Waals surface area contributed by atoms with Gasteiger partial charge in [-0.3, -0.25) is 14.5 Å². The minimum atomic E-state index is -1.17. The van der Waals surface area contributed by atoms with Crippen LogP contribution in [0.5, 0.6) is 0 Å². The number of carbonyl (C=O) groups excluding carboxylic acids is 2. The summed E-state index contributed by atoms with van der Waals surface area (Å²) < 4.78 is 5.84. The number of hydrogen-bond donors (Lipinski definition) is 3. The van der Waals surface area contributed by atoms with E-state index < -0.39 is 23.5 Å². The third-order valence-corrected chi connectivity index (χ3v) is 9.08. The van der Waals surface area contributed by atoms with E-state index in [0.29, 0.717) is 38.9 Å². The lowest BCUT2D eigenvalue weighted by molar-refractivity contribution is -0.143. The maximum absolute atomic E-state index is 13.9. The van der Waals surface area contributed by atoms with Crippen molar-refractivity contribution in [2.75, 3.05) is 19.7 Å². The van der Waals surface area contributed by atoms with E-state index in [1.165, 1.54) is 0 Å². The van der Waals surface area contributed by atoms with Gasteiger partial charge in [-0.2, -0.15) is 0 Å². The van der Waals surface area contributed by atoms with Gasteiger partial charge >= 0.3 is 12.1 Å². The molecule has 0 radical (unpaired) electrons. The van der Waals surface area contributed by atoms with E-state index in [9.17, 15) is 19.5 Å². The second-order valence-electron chi connectivity index (χ2n) is 11.9. The minimum absolute atomic E-state index is 0.0822. The van der Waals surface area contributed by atoms with Crippen LogP contribution in [0.1, 0.15) is 54.7 Å². The summed E-state index contributed by atoms with van der Waals surface area (Å²) in [5.41, 5.74) is 4.51. The number of nitrogens with zero attached hydrogens (tertiary/aromatic N) is 1. The van der Waals surface area contributed by atoms with Crippen LogP contribution in [0.15, 0.2) is 78.9 Å². The summed E-state index contributed by atoms with van der Waals surface area (Å²) >= 11 is 0. The molecular formula is C34H37N3O5. The van der Waals surface area contributed by atoms with Gasteiger partial charge < -0.3 is 20.5 Å². The molecule has 2 fully saturated rings. The zero-order valence-electron chi connectivity index (χ0n) is 23.6. The van der Waals surface area contributed by atoms with Gasteiger partial charge in [-0.15, -0.1) is 0 Å². The summed E-state index contributed by atoms with van der Waals surface area (Å²) in [7, 11) is 0. The predicted octanol–water partition coefficient (Wildman–Crippen LogP) is 4.93. The Bertz CT molecular complexity index is 1410. The van der Waals surface area contributed by atoms with Crippen molar-refractivity contribution in [1.82, 2.24) is 15.5 Å². The zero-order chi connectivity index (χ0) is 29.1. The normalized spacial score (nSPS) is 23.5. The highest BCUT2D eigenvalue weighted by atomic mass is 16.5. The van der Waals surface area contributed by atoms with E-state index in [1.807, 2.05) is 54.6 Å². The molecular weight excluding hydrogens is 530 g/mol. The highest BCUT2D eigenvalue weighted by molar-refractivity contribution is 5.91. The number of alkyl carbamates (subject to hydrolysis) is 1. The van der Waals surface area contributed by atoms with Gasteiger partial charge in [0.05, 0.1) is 5.92 Å². The molecule has 0 bridgehead atoms. The topological polar surface area (TPSA) is 108 Å². The second kappa shape index (κ2) is 12.0. The lowest BCUT2D eigenvalue weighted by Gasteiger charge is -2.33. The SMILES string of the molecule is O=C(NC1(C(=O)N[C@@H]2CCC[C@@H](C(=O)O)C2)CCN(Cc2ccccc2)C1)OCC1c2ccccc2-c2ccccc21. The standard InChI is InChI=1S/C34H37N3O5/c38-31(39)24-11-8-12-25(19-24)35-32(40)34(17-18-37(22-34)20-23-9-2-1-3-10-23)36-33(41)42-21-30-28-15-6-4-13-26(28)27-14-5-7-16-29(27)30/h1-7,9-10,13-16,24-25,30H,8,11-12,17-22H2,(H,35,40)(H,36,41)(H,38,39)/t24-,25-,34?/m1/s1. The van der Waals surface area contributed by atoms with Gasteiger partial charge in [0.1, 0.15) is 12.1 Å². The predicted molar refractivity (Wildman–Crippen MR) is 159 cm³/mol. The second-order valence-corrected chi connectivity index (χ2v) is 11.9. The lowest BCUT2D eigenvalue weighted by atomic mass is 9.85. The van der Waals surface area contributed by atoms with Crippen LogP contribution in [0.2, 0.25) is 0 Å². The fourth-order valence-corrected chi connectivity index (χ4v) is 6.91. The molecule has 1 saturated carbocycles. The highest BCUT2D eigenvalue weighted by Gasteiger charge is 2.47. The van der Waals surface area contributed by atoms with Crippen LogP contribution >= 0.6 is 0 Å². The number of aliphatic carboxylic acids is 1. The Morgan fingerprint density at radius 2 is 1.57 bits per heavy atom. The van der Waals surface area contributed by atoms with Crippen LogP contribution < -0.4 is 10.6 Å². The quantitative estimate of drug-likeness (QED) is 0.356. The average molecular weight is 568 g/mol. The average Bonchev–Trinajstić information content (AvgIpc) is 3.56. The molecule has 0 spiro atoms. The lowest BCUT2D eigenvalue weighted by Crippen LogP contribution is -2.62. The first kappa shape index (κ1) is 28.0. The summed E-state index contributed by atoms with van der Waals surface area (Å²) in [6.45, 7) is 1.79. The molecule has 8 heteroatoms. The van der Waals surface area contributed by atoms with Crippen molar-refractivity contribution in [2.24, 2.45) is 5.92 Å². The monoisotopic (exact) mass is 567 g/mol. The summed E-state index contributed by atoms with van der Waals surface area (Å²) in [5, 5.41) is 15.6. The third kappa shape index (κ3) is 5.77. The van der Waals surface area contributed by atoms with Crippen molar-refractivity contribution in [1.29, 1.82) is 0 Å². The van der Waals surface area contributed by atoms with Gasteiger partial charge in [0.2, 0.25) is 5.91 Å². The van der Waals surface area contributed by atoms with E-state index in [4.69, 9.17) is 4.74 Å². The molecule has 2 amide bonds.